The van der Waals surface area contributed by atoms with Crippen molar-refractivity contribution in [3.05, 3.63) is 28.5 Å². The number of phenolic OH excluding ortho intramolecular Hbond substituents is 1. The minimum atomic E-state index is -4.15. The van der Waals surface area contributed by atoms with Gasteiger partial charge in [-0.3, -0.25) is 0 Å². The molecule has 0 heterocycles. The highest BCUT2D eigenvalue weighted by molar-refractivity contribution is 6.31. The maximum Gasteiger partial charge on any atom is 0.379 e. The first-order valence-electron chi connectivity index (χ1n) is 5.20. The number of alkyl halides is 2. The van der Waals surface area contributed by atoms with Crippen molar-refractivity contribution in [1.82, 2.24) is 0 Å². The van der Waals surface area contributed by atoms with Crippen molar-refractivity contribution in [2.75, 3.05) is 6.61 Å². The Morgan fingerprint density at radius 2 is 2.10 bits per heavy atom. The third-order valence-electron chi connectivity index (χ3n) is 2.36. The molecule has 1 aromatic rings. The minimum Gasteiger partial charge on any atom is -0.505 e. The van der Waals surface area contributed by atoms with E-state index in [1.54, 1.807) is 0 Å². The first kappa shape index (κ1) is 18.8. The zero-order valence-electron chi connectivity index (χ0n) is 10.2. The van der Waals surface area contributed by atoms with Crippen LogP contribution < -0.4 is 5.73 Å². The van der Waals surface area contributed by atoms with Gasteiger partial charge in [-0.05, 0) is 19.1 Å². The van der Waals surface area contributed by atoms with Gasteiger partial charge in [-0.25, -0.2) is 9.18 Å². The van der Waals surface area contributed by atoms with Gasteiger partial charge in [0.15, 0.2) is 11.6 Å². The average Bonchev–Trinajstić information content (AvgIpc) is 2.34. The minimum absolute atomic E-state index is 0. The number of esters is 1. The maximum atomic E-state index is 13.7. The molecule has 1 atom stereocenters. The summed E-state index contributed by atoms with van der Waals surface area (Å²) in [6, 6.07) is -0.585. The third-order valence-corrected chi connectivity index (χ3v) is 2.69. The monoisotopic (exact) mass is 333 g/mol. The Balaban J connectivity index is 0.00000361. The molecule has 20 heavy (non-hydrogen) atoms. The number of benzene rings is 1. The highest BCUT2D eigenvalue weighted by Crippen LogP contribution is 2.40. The fourth-order valence-corrected chi connectivity index (χ4v) is 1.66. The number of phenols is 1. The molecule has 0 saturated heterocycles. The van der Waals surface area contributed by atoms with Gasteiger partial charge in [0.2, 0.25) is 0 Å². The Morgan fingerprint density at radius 1 is 1.55 bits per heavy atom. The summed E-state index contributed by atoms with van der Waals surface area (Å²) in [4.78, 5) is 11.1. The van der Waals surface area contributed by atoms with Gasteiger partial charge in [-0.15, -0.1) is 12.4 Å². The zero-order valence-corrected chi connectivity index (χ0v) is 11.8. The largest absolute Gasteiger partial charge is 0.505 e. The summed E-state index contributed by atoms with van der Waals surface area (Å²) in [5.74, 6) is -8.31. The van der Waals surface area contributed by atoms with E-state index in [1.165, 1.54) is 6.92 Å². The predicted molar refractivity (Wildman–Crippen MR) is 68.8 cm³/mol. The molecule has 0 bridgehead atoms. The van der Waals surface area contributed by atoms with Crippen LogP contribution in [0.2, 0.25) is 5.02 Å². The number of carbonyl (C=O) groups is 1. The van der Waals surface area contributed by atoms with Crippen molar-refractivity contribution in [3.8, 4) is 5.75 Å². The summed E-state index contributed by atoms with van der Waals surface area (Å²) in [6.07, 6.45) is 0. The van der Waals surface area contributed by atoms with Gasteiger partial charge < -0.3 is 15.6 Å². The normalized spacial score (nSPS) is 12.5. The second-order valence-electron chi connectivity index (χ2n) is 3.61. The van der Waals surface area contributed by atoms with Gasteiger partial charge in [-0.2, -0.15) is 8.78 Å². The van der Waals surface area contributed by atoms with Gasteiger partial charge in [0.1, 0.15) is 6.04 Å². The fraction of sp³-hybridized carbons (Fsp3) is 0.364. The van der Waals surface area contributed by atoms with Crippen LogP contribution in [-0.2, 0) is 9.53 Å². The second-order valence-corrected chi connectivity index (χ2v) is 4.02. The van der Waals surface area contributed by atoms with Crippen molar-refractivity contribution in [2.45, 2.75) is 18.9 Å². The molecule has 114 valence electrons. The Morgan fingerprint density at radius 3 is 2.60 bits per heavy atom. The highest BCUT2D eigenvalue weighted by Gasteiger charge is 2.49. The summed E-state index contributed by atoms with van der Waals surface area (Å²) >= 11 is 5.59. The van der Waals surface area contributed by atoms with E-state index < -0.39 is 35.1 Å². The summed E-state index contributed by atoms with van der Waals surface area (Å²) in [5.41, 5.74) is 4.46. The number of carbonyl (C=O) groups excluding carboxylic acids is 1. The van der Waals surface area contributed by atoms with Crippen LogP contribution in [0.4, 0.5) is 13.2 Å². The van der Waals surface area contributed by atoms with E-state index in [9.17, 15) is 23.1 Å². The Labute approximate surface area is 124 Å². The first-order valence-corrected chi connectivity index (χ1v) is 5.58. The van der Waals surface area contributed by atoms with Crippen LogP contribution in [0.3, 0.4) is 0 Å². The van der Waals surface area contributed by atoms with Gasteiger partial charge in [0, 0.05) is 10.6 Å². The van der Waals surface area contributed by atoms with E-state index >= 15 is 0 Å². The number of nitrogens with two attached hydrogens (primary N) is 1. The second kappa shape index (κ2) is 7.01. The van der Waals surface area contributed by atoms with Crippen molar-refractivity contribution < 1.29 is 27.8 Å². The number of ether oxygens (including phenoxy) is 1. The van der Waals surface area contributed by atoms with E-state index in [4.69, 9.17) is 17.3 Å². The average molecular weight is 334 g/mol. The van der Waals surface area contributed by atoms with E-state index in [2.05, 4.69) is 4.74 Å². The number of rotatable bonds is 4. The summed E-state index contributed by atoms with van der Waals surface area (Å²) in [7, 11) is 0. The lowest BCUT2D eigenvalue weighted by molar-refractivity contribution is -0.174. The van der Waals surface area contributed by atoms with Crippen molar-refractivity contribution in [3.63, 3.8) is 0 Å². The van der Waals surface area contributed by atoms with Crippen LogP contribution >= 0.6 is 24.0 Å². The predicted octanol–water partition coefficient (Wildman–Crippen LogP) is 2.80. The van der Waals surface area contributed by atoms with E-state index in [-0.39, 0.29) is 24.0 Å². The lowest BCUT2D eigenvalue weighted by atomic mass is 10.00. The quantitative estimate of drug-likeness (QED) is 0.831. The molecule has 0 aliphatic heterocycles. The zero-order chi connectivity index (χ0) is 14.8. The fourth-order valence-electron chi connectivity index (χ4n) is 1.39. The molecule has 0 amide bonds. The molecule has 4 nitrogen and oxygen atoms in total. The van der Waals surface area contributed by atoms with Gasteiger partial charge >= 0.3 is 11.9 Å². The molecule has 0 unspecified atom stereocenters. The van der Waals surface area contributed by atoms with Crippen LogP contribution in [0, 0.1) is 5.82 Å². The third kappa shape index (κ3) is 3.47. The molecule has 9 heteroatoms. The molecule has 0 aromatic heterocycles. The molecular weight excluding hydrogens is 322 g/mol. The van der Waals surface area contributed by atoms with Crippen LogP contribution in [0.5, 0.6) is 5.75 Å². The summed E-state index contributed by atoms with van der Waals surface area (Å²) in [6.45, 7) is 1.07. The Bertz CT molecular complexity index is 500. The smallest absolute Gasteiger partial charge is 0.379 e. The van der Waals surface area contributed by atoms with Crippen molar-refractivity contribution in [1.29, 1.82) is 0 Å². The van der Waals surface area contributed by atoms with E-state index in [0.29, 0.717) is 0 Å². The molecule has 0 radical (unpaired) electrons. The number of hydrogen-bond acceptors (Lipinski definition) is 4. The topological polar surface area (TPSA) is 72.5 Å². The number of halogens is 5. The first-order chi connectivity index (χ1) is 8.73. The molecule has 0 fully saturated rings. The number of hydrogen-bond donors (Lipinski definition) is 2. The van der Waals surface area contributed by atoms with Crippen LogP contribution in [-0.4, -0.2) is 23.6 Å². The molecule has 3 N–H and O–H groups in total. The molecule has 1 aromatic carbocycles. The van der Waals surface area contributed by atoms with Gasteiger partial charge in [0.25, 0.3) is 0 Å². The van der Waals surface area contributed by atoms with Gasteiger partial charge in [-0.1, -0.05) is 11.6 Å². The van der Waals surface area contributed by atoms with Crippen molar-refractivity contribution in [2.24, 2.45) is 5.73 Å². The van der Waals surface area contributed by atoms with Crippen LogP contribution in [0.15, 0.2) is 12.1 Å². The van der Waals surface area contributed by atoms with E-state index in [0.717, 1.165) is 12.1 Å². The SMILES string of the molecule is CCOC(=O)C(F)(F)[C@H](N)c1c(Cl)ccc(F)c1O.Cl. The molecule has 0 aliphatic carbocycles. The standard InChI is InChI=1S/C11H11ClF3NO3.ClH/c1-2-19-10(18)11(14,15)9(16)7-5(12)3-4-6(13)8(7)17;/h3-4,9,17H,2,16H2,1H3;1H/t9-;/m1./s1. The van der Waals surface area contributed by atoms with Crippen LogP contribution in [0.25, 0.3) is 0 Å². The molecule has 0 saturated carbocycles. The molecule has 1 rings (SSSR count). The molecule has 0 aliphatic rings. The lowest BCUT2D eigenvalue weighted by Gasteiger charge is -2.23. The molecule has 0 spiro atoms. The Hall–Kier alpha value is -1.18. The van der Waals surface area contributed by atoms with Crippen LogP contribution in [0.1, 0.15) is 18.5 Å². The summed E-state index contributed by atoms with van der Waals surface area (Å²) in [5, 5.41) is 9.02. The highest BCUT2D eigenvalue weighted by atomic mass is 35.5. The lowest BCUT2D eigenvalue weighted by Crippen LogP contribution is -2.42. The van der Waals surface area contributed by atoms with E-state index in [1.807, 2.05) is 0 Å². The summed E-state index contributed by atoms with van der Waals surface area (Å²) < 4.78 is 44.7. The Kier molecular flexibility index (Phi) is 6.60. The van der Waals surface area contributed by atoms with Crippen molar-refractivity contribution >= 4 is 30.0 Å². The van der Waals surface area contributed by atoms with Gasteiger partial charge in [0.05, 0.1) is 6.61 Å². The maximum absolute atomic E-state index is 13.7. The molecular formula is C11H12Cl2F3NO3. The number of aromatic hydroxyl groups is 1.